The summed E-state index contributed by atoms with van der Waals surface area (Å²) in [4.78, 5) is 24.4. The monoisotopic (exact) mass is 380 g/mol. The second-order valence-electron chi connectivity index (χ2n) is 5.95. The third kappa shape index (κ3) is 5.21. The number of thioether (sulfide) groups is 1. The van der Waals surface area contributed by atoms with E-state index in [1.54, 1.807) is 10.9 Å². The van der Waals surface area contributed by atoms with Crippen molar-refractivity contribution < 1.29 is 9.59 Å². The summed E-state index contributed by atoms with van der Waals surface area (Å²) in [6, 6.07) is 16.8. The molecule has 7 heteroatoms. The first kappa shape index (κ1) is 18.7. The quantitative estimate of drug-likeness (QED) is 0.635. The van der Waals surface area contributed by atoms with Crippen molar-refractivity contribution in [1.82, 2.24) is 9.78 Å². The largest absolute Gasteiger partial charge is 0.326 e. The molecule has 2 aromatic carbocycles. The van der Waals surface area contributed by atoms with E-state index in [0.29, 0.717) is 0 Å². The Hall–Kier alpha value is -3.06. The third-order valence-electron chi connectivity index (χ3n) is 3.76. The van der Waals surface area contributed by atoms with Gasteiger partial charge in [0.15, 0.2) is 0 Å². The van der Waals surface area contributed by atoms with Crippen LogP contribution in [0.4, 0.5) is 11.4 Å². The van der Waals surface area contributed by atoms with Crippen LogP contribution in [0.2, 0.25) is 0 Å². The van der Waals surface area contributed by atoms with E-state index in [1.807, 2.05) is 67.7 Å². The maximum atomic E-state index is 12.4. The van der Waals surface area contributed by atoms with Crippen molar-refractivity contribution in [3.63, 3.8) is 0 Å². The summed E-state index contributed by atoms with van der Waals surface area (Å²) >= 11 is 1.46. The average molecular weight is 380 g/mol. The lowest BCUT2D eigenvalue weighted by Gasteiger charge is -2.13. The van der Waals surface area contributed by atoms with Crippen LogP contribution in [0.25, 0.3) is 5.69 Å². The van der Waals surface area contributed by atoms with Crippen LogP contribution in [-0.4, -0.2) is 26.8 Å². The molecule has 6 nitrogen and oxygen atoms in total. The zero-order chi connectivity index (χ0) is 19.2. The van der Waals surface area contributed by atoms with Gasteiger partial charge in [-0.05, 0) is 61.5 Å². The Kier molecular flexibility index (Phi) is 5.93. The van der Waals surface area contributed by atoms with Crippen LogP contribution >= 0.6 is 11.8 Å². The summed E-state index contributed by atoms with van der Waals surface area (Å²) in [6.45, 7) is 3.33. The molecule has 1 atom stereocenters. The van der Waals surface area contributed by atoms with Crippen molar-refractivity contribution in [2.45, 2.75) is 24.0 Å². The minimum Gasteiger partial charge on any atom is -0.326 e. The van der Waals surface area contributed by atoms with Crippen molar-refractivity contribution in [2.75, 3.05) is 10.6 Å². The summed E-state index contributed by atoms with van der Waals surface area (Å²) in [5, 5.41) is 9.56. The van der Waals surface area contributed by atoms with Crippen LogP contribution in [0.3, 0.4) is 0 Å². The lowest BCUT2D eigenvalue weighted by Crippen LogP contribution is -2.22. The molecule has 1 heterocycles. The van der Waals surface area contributed by atoms with Crippen LogP contribution in [0, 0.1) is 0 Å². The molecule has 2 amide bonds. The number of benzene rings is 2. The number of rotatable bonds is 6. The molecule has 0 aliphatic heterocycles. The van der Waals surface area contributed by atoms with Gasteiger partial charge in [-0.25, -0.2) is 4.68 Å². The average Bonchev–Trinajstić information content (AvgIpc) is 3.18. The highest BCUT2D eigenvalue weighted by Crippen LogP contribution is 2.25. The molecule has 2 N–H and O–H groups in total. The maximum Gasteiger partial charge on any atom is 0.237 e. The minimum atomic E-state index is -0.262. The number of carbonyl (C=O) groups excluding carboxylic acids is 2. The van der Waals surface area contributed by atoms with E-state index in [-0.39, 0.29) is 17.1 Å². The molecule has 1 aromatic heterocycles. The number of amides is 2. The van der Waals surface area contributed by atoms with Crippen molar-refractivity contribution in [2.24, 2.45) is 0 Å². The van der Waals surface area contributed by atoms with Crippen LogP contribution in [0.15, 0.2) is 71.9 Å². The van der Waals surface area contributed by atoms with Gasteiger partial charge < -0.3 is 10.6 Å². The molecular formula is C20H20N4O2S. The summed E-state index contributed by atoms with van der Waals surface area (Å²) in [7, 11) is 0. The summed E-state index contributed by atoms with van der Waals surface area (Å²) in [6.07, 6.45) is 3.58. The molecule has 138 valence electrons. The van der Waals surface area contributed by atoms with E-state index in [1.165, 1.54) is 18.7 Å². The molecule has 1 unspecified atom stereocenters. The number of hydrogen-bond acceptors (Lipinski definition) is 4. The van der Waals surface area contributed by atoms with Crippen LogP contribution < -0.4 is 10.6 Å². The van der Waals surface area contributed by atoms with E-state index in [2.05, 4.69) is 15.7 Å². The van der Waals surface area contributed by atoms with Gasteiger partial charge in [0.2, 0.25) is 11.8 Å². The van der Waals surface area contributed by atoms with Crippen LogP contribution in [0.1, 0.15) is 13.8 Å². The molecule has 0 radical (unpaired) electrons. The number of aromatic nitrogens is 2. The van der Waals surface area contributed by atoms with Gasteiger partial charge in [-0.15, -0.1) is 11.8 Å². The first-order valence-electron chi connectivity index (χ1n) is 8.46. The second-order valence-corrected chi connectivity index (χ2v) is 7.37. The highest BCUT2D eigenvalue weighted by atomic mass is 32.2. The zero-order valence-electron chi connectivity index (χ0n) is 15.0. The van der Waals surface area contributed by atoms with Gasteiger partial charge in [0.05, 0.1) is 10.9 Å². The predicted octanol–water partition coefficient (Wildman–Crippen LogP) is 3.95. The molecule has 0 aliphatic rings. The fourth-order valence-electron chi connectivity index (χ4n) is 2.44. The fourth-order valence-corrected chi connectivity index (χ4v) is 3.31. The van der Waals surface area contributed by atoms with Crippen molar-refractivity contribution in [3.05, 3.63) is 67.0 Å². The van der Waals surface area contributed by atoms with E-state index in [0.717, 1.165) is 22.0 Å². The normalized spacial score (nSPS) is 11.6. The Morgan fingerprint density at radius 2 is 1.63 bits per heavy atom. The van der Waals surface area contributed by atoms with Crippen molar-refractivity contribution in [3.8, 4) is 5.69 Å². The standard InChI is InChI=1S/C20H20N4O2S/c1-14(27-19-10-6-16(7-11-19)22-15(2)25)20(26)23-17-4-8-18(9-5-17)24-13-3-12-21-24/h3-14H,1-2H3,(H,22,25)(H,23,26). The SMILES string of the molecule is CC(=O)Nc1ccc(SC(C)C(=O)Nc2ccc(-n3cccn3)cc2)cc1. The molecule has 0 aliphatic carbocycles. The Balaban J connectivity index is 1.56. The van der Waals surface area contributed by atoms with Crippen molar-refractivity contribution >= 4 is 35.0 Å². The first-order valence-corrected chi connectivity index (χ1v) is 9.34. The maximum absolute atomic E-state index is 12.4. The summed E-state index contributed by atoms with van der Waals surface area (Å²) in [5.41, 5.74) is 2.41. The van der Waals surface area contributed by atoms with E-state index in [4.69, 9.17) is 0 Å². The molecule has 0 spiro atoms. The topological polar surface area (TPSA) is 76.0 Å². The lowest BCUT2D eigenvalue weighted by molar-refractivity contribution is -0.115. The highest BCUT2D eigenvalue weighted by molar-refractivity contribution is 8.00. The molecule has 0 saturated carbocycles. The smallest absolute Gasteiger partial charge is 0.237 e. The van der Waals surface area contributed by atoms with Crippen molar-refractivity contribution in [1.29, 1.82) is 0 Å². The Labute approximate surface area is 162 Å². The first-order chi connectivity index (χ1) is 13.0. The van der Waals surface area contributed by atoms with Gasteiger partial charge in [0.1, 0.15) is 0 Å². The zero-order valence-corrected chi connectivity index (χ0v) is 15.9. The number of nitrogens with zero attached hydrogens (tertiary/aromatic N) is 2. The molecule has 27 heavy (non-hydrogen) atoms. The third-order valence-corrected chi connectivity index (χ3v) is 4.87. The summed E-state index contributed by atoms with van der Waals surface area (Å²) in [5.74, 6) is -0.181. The Morgan fingerprint density at radius 1 is 1.00 bits per heavy atom. The lowest BCUT2D eigenvalue weighted by atomic mass is 10.2. The van der Waals surface area contributed by atoms with Gasteiger partial charge in [-0.3, -0.25) is 9.59 Å². The van der Waals surface area contributed by atoms with E-state index in [9.17, 15) is 9.59 Å². The fraction of sp³-hybridized carbons (Fsp3) is 0.150. The van der Waals surface area contributed by atoms with Gasteiger partial charge in [0, 0.05) is 35.6 Å². The van der Waals surface area contributed by atoms with Gasteiger partial charge in [-0.1, -0.05) is 0 Å². The number of hydrogen-bond donors (Lipinski definition) is 2. The number of carbonyl (C=O) groups is 2. The molecule has 3 aromatic rings. The Bertz CT molecular complexity index is 906. The second kappa shape index (κ2) is 8.55. The molecular weight excluding hydrogens is 360 g/mol. The number of anilines is 2. The van der Waals surface area contributed by atoms with Gasteiger partial charge in [0.25, 0.3) is 0 Å². The van der Waals surface area contributed by atoms with Gasteiger partial charge in [-0.2, -0.15) is 5.10 Å². The molecule has 0 bridgehead atoms. The van der Waals surface area contributed by atoms with Crippen LogP contribution in [0.5, 0.6) is 0 Å². The highest BCUT2D eigenvalue weighted by Gasteiger charge is 2.14. The molecule has 3 rings (SSSR count). The Morgan fingerprint density at radius 3 is 2.22 bits per heavy atom. The van der Waals surface area contributed by atoms with Gasteiger partial charge >= 0.3 is 0 Å². The van der Waals surface area contributed by atoms with Crippen LogP contribution in [-0.2, 0) is 9.59 Å². The minimum absolute atomic E-state index is 0.0715. The van der Waals surface area contributed by atoms with E-state index < -0.39 is 0 Å². The molecule has 0 saturated heterocycles. The molecule has 0 fully saturated rings. The van der Waals surface area contributed by atoms with E-state index >= 15 is 0 Å². The predicted molar refractivity (Wildman–Crippen MR) is 108 cm³/mol. The summed E-state index contributed by atoms with van der Waals surface area (Å²) < 4.78 is 1.76. The number of nitrogens with one attached hydrogen (secondary N) is 2.